The summed E-state index contributed by atoms with van der Waals surface area (Å²) in [6.07, 6.45) is 3.45. The van der Waals surface area contributed by atoms with Crippen molar-refractivity contribution < 1.29 is 12.8 Å². The van der Waals surface area contributed by atoms with Gasteiger partial charge in [-0.15, -0.1) is 0 Å². The summed E-state index contributed by atoms with van der Waals surface area (Å²) in [5.74, 6) is -0.502. The van der Waals surface area contributed by atoms with E-state index in [2.05, 4.69) is 15.2 Å². The molecule has 5 rings (SSSR count). The molecule has 4 aromatic rings. The lowest BCUT2D eigenvalue weighted by molar-refractivity contribution is 0.371. The molecular formula is C25H23FN6O2S. The van der Waals surface area contributed by atoms with Crippen molar-refractivity contribution in [1.82, 2.24) is 19.2 Å². The number of anilines is 1. The molecule has 1 atom stereocenters. The third kappa shape index (κ3) is 4.40. The maximum Gasteiger partial charge on any atom is 0.279 e. The first kappa shape index (κ1) is 22.7. The average molecular weight is 491 g/mol. The lowest BCUT2D eigenvalue weighted by Crippen LogP contribution is -2.27. The van der Waals surface area contributed by atoms with E-state index >= 15 is 0 Å². The van der Waals surface area contributed by atoms with Crippen LogP contribution in [0, 0.1) is 5.82 Å². The van der Waals surface area contributed by atoms with Crippen LogP contribution < -0.4 is 4.90 Å². The van der Waals surface area contributed by atoms with Gasteiger partial charge in [0.25, 0.3) is 10.0 Å². The van der Waals surface area contributed by atoms with Gasteiger partial charge in [-0.25, -0.2) is 14.1 Å². The van der Waals surface area contributed by atoms with Crippen LogP contribution in [0.1, 0.15) is 23.6 Å². The Hall–Kier alpha value is -4.05. The lowest BCUT2D eigenvalue weighted by atomic mass is 9.99. The fourth-order valence-electron chi connectivity index (χ4n) is 3.99. The van der Waals surface area contributed by atoms with Crippen molar-refractivity contribution in [2.75, 3.05) is 19.0 Å². The molecule has 0 spiro atoms. The van der Waals surface area contributed by atoms with E-state index in [1.54, 1.807) is 11.0 Å². The minimum absolute atomic E-state index is 0.0136. The van der Waals surface area contributed by atoms with Crippen molar-refractivity contribution in [3.05, 3.63) is 102 Å². The second kappa shape index (κ2) is 8.95. The molecule has 0 N–H and O–H groups in total. The molecule has 1 aliphatic rings. The van der Waals surface area contributed by atoms with Crippen molar-refractivity contribution in [2.24, 2.45) is 5.10 Å². The fourth-order valence-corrected chi connectivity index (χ4v) is 5.42. The van der Waals surface area contributed by atoms with Crippen LogP contribution in [0.3, 0.4) is 0 Å². The van der Waals surface area contributed by atoms with Gasteiger partial charge in [0.05, 0.1) is 22.3 Å². The molecular weight excluding hydrogens is 467 g/mol. The highest BCUT2D eigenvalue weighted by Gasteiger charge is 2.37. The number of benzene rings is 3. The van der Waals surface area contributed by atoms with Crippen molar-refractivity contribution in [2.45, 2.75) is 17.4 Å². The normalized spacial score (nSPS) is 15.8. The Morgan fingerprint density at radius 2 is 1.63 bits per heavy atom. The van der Waals surface area contributed by atoms with Crippen LogP contribution in [-0.4, -0.2) is 47.4 Å². The van der Waals surface area contributed by atoms with E-state index in [1.807, 2.05) is 67.5 Å². The quantitative estimate of drug-likeness (QED) is 0.408. The molecule has 1 unspecified atom stereocenters. The average Bonchev–Trinajstić information content (AvgIpc) is 3.56. The van der Waals surface area contributed by atoms with E-state index in [0.29, 0.717) is 12.1 Å². The molecule has 10 heteroatoms. The number of rotatable bonds is 6. The number of nitrogens with zero attached hydrogens (tertiary/aromatic N) is 6. The number of hydrazone groups is 1. The first-order valence-corrected chi connectivity index (χ1v) is 12.4. The highest BCUT2D eigenvalue weighted by Crippen LogP contribution is 2.37. The Bertz CT molecular complexity index is 1450. The number of halogens is 1. The second-order valence-corrected chi connectivity index (χ2v) is 10.2. The van der Waals surface area contributed by atoms with Gasteiger partial charge in [-0.2, -0.15) is 23.0 Å². The molecule has 0 saturated carbocycles. The van der Waals surface area contributed by atoms with Gasteiger partial charge >= 0.3 is 0 Å². The van der Waals surface area contributed by atoms with E-state index in [9.17, 15) is 12.8 Å². The molecule has 0 saturated heterocycles. The van der Waals surface area contributed by atoms with Gasteiger partial charge in [0.15, 0.2) is 0 Å². The summed E-state index contributed by atoms with van der Waals surface area (Å²) in [6, 6.07) is 19.5. The lowest BCUT2D eigenvalue weighted by Gasteiger charge is -2.24. The molecule has 0 aliphatic carbocycles. The Morgan fingerprint density at radius 1 is 0.943 bits per heavy atom. The van der Waals surface area contributed by atoms with Gasteiger partial charge < -0.3 is 4.90 Å². The summed E-state index contributed by atoms with van der Waals surface area (Å²) in [6.45, 7) is 0. The number of aromatic nitrogens is 3. The highest BCUT2D eigenvalue weighted by atomic mass is 32.2. The third-order valence-electron chi connectivity index (χ3n) is 5.91. The van der Waals surface area contributed by atoms with Crippen molar-refractivity contribution in [3.8, 4) is 5.69 Å². The van der Waals surface area contributed by atoms with E-state index in [4.69, 9.17) is 0 Å². The van der Waals surface area contributed by atoms with Gasteiger partial charge in [-0.3, -0.25) is 0 Å². The molecule has 1 aliphatic heterocycles. The molecule has 0 amide bonds. The molecule has 0 bridgehead atoms. The van der Waals surface area contributed by atoms with Gasteiger partial charge in [0.1, 0.15) is 18.5 Å². The van der Waals surface area contributed by atoms with Crippen molar-refractivity contribution in [1.29, 1.82) is 0 Å². The maximum atomic E-state index is 13.6. The number of hydrogen-bond donors (Lipinski definition) is 0. The second-order valence-electron chi connectivity index (χ2n) is 8.37. The van der Waals surface area contributed by atoms with E-state index in [-0.39, 0.29) is 4.90 Å². The van der Waals surface area contributed by atoms with Crippen LogP contribution in [0.4, 0.5) is 10.1 Å². The standard InChI is InChI=1S/C25H23FN6O2S/c1-30(2)21-9-5-19(6-10-21)25-15-24(18-3-11-22(12-4-18)31-17-27-16-28-31)29-32(25)35(33,34)23-13-7-20(26)8-14-23/h3-14,16-17,25H,15H2,1-2H3. The molecule has 0 fully saturated rings. The van der Waals surface area contributed by atoms with Crippen molar-refractivity contribution >= 4 is 21.4 Å². The SMILES string of the molecule is CN(C)c1ccc(C2CC(c3ccc(-n4cncn4)cc3)=NN2S(=O)(=O)c2ccc(F)cc2)cc1. The Kier molecular flexibility index (Phi) is 5.81. The first-order chi connectivity index (χ1) is 16.8. The van der Waals surface area contributed by atoms with Crippen LogP contribution >= 0.6 is 0 Å². The molecule has 35 heavy (non-hydrogen) atoms. The Morgan fingerprint density at radius 3 is 2.23 bits per heavy atom. The van der Waals surface area contributed by atoms with Crippen molar-refractivity contribution in [3.63, 3.8) is 0 Å². The van der Waals surface area contributed by atoms with E-state index in [0.717, 1.165) is 39.0 Å². The van der Waals surface area contributed by atoms with E-state index in [1.165, 1.54) is 18.5 Å². The van der Waals surface area contributed by atoms with Crippen LogP contribution in [0.5, 0.6) is 0 Å². The number of hydrogen-bond acceptors (Lipinski definition) is 6. The number of sulfonamides is 1. The summed E-state index contributed by atoms with van der Waals surface area (Å²) in [5.41, 5.74) is 4.10. The zero-order valence-electron chi connectivity index (χ0n) is 19.2. The summed E-state index contributed by atoms with van der Waals surface area (Å²) in [7, 11) is -0.128. The van der Waals surface area contributed by atoms with Crippen LogP contribution in [0.15, 0.2) is 95.4 Å². The fraction of sp³-hybridized carbons (Fsp3) is 0.160. The summed E-state index contributed by atoms with van der Waals surface area (Å²) in [5, 5.41) is 8.69. The summed E-state index contributed by atoms with van der Waals surface area (Å²) in [4.78, 5) is 5.92. The molecule has 8 nitrogen and oxygen atoms in total. The largest absolute Gasteiger partial charge is 0.378 e. The third-order valence-corrected chi connectivity index (χ3v) is 7.60. The topological polar surface area (TPSA) is 83.7 Å². The zero-order chi connectivity index (χ0) is 24.6. The molecule has 3 aromatic carbocycles. The summed E-state index contributed by atoms with van der Waals surface area (Å²) < 4.78 is 43.4. The molecule has 178 valence electrons. The molecule has 2 heterocycles. The smallest absolute Gasteiger partial charge is 0.279 e. The van der Waals surface area contributed by atoms with Crippen LogP contribution in [0.25, 0.3) is 5.69 Å². The van der Waals surface area contributed by atoms with Gasteiger partial charge in [0.2, 0.25) is 0 Å². The van der Waals surface area contributed by atoms with Crippen LogP contribution in [0.2, 0.25) is 0 Å². The highest BCUT2D eigenvalue weighted by molar-refractivity contribution is 7.89. The first-order valence-electron chi connectivity index (χ1n) is 10.9. The Labute approximate surface area is 203 Å². The summed E-state index contributed by atoms with van der Waals surface area (Å²) >= 11 is 0. The van der Waals surface area contributed by atoms with Gasteiger partial charge in [-0.1, -0.05) is 24.3 Å². The molecule has 0 radical (unpaired) electrons. The predicted molar refractivity (Wildman–Crippen MR) is 131 cm³/mol. The van der Waals surface area contributed by atoms with Crippen LogP contribution in [-0.2, 0) is 10.0 Å². The maximum absolute atomic E-state index is 13.6. The minimum atomic E-state index is -4.02. The Balaban J connectivity index is 1.53. The van der Waals surface area contributed by atoms with E-state index < -0.39 is 21.9 Å². The van der Waals surface area contributed by atoms with Gasteiger partial charge in [0, 0.05) is 26.2 Å². The monoisotopic (exact) mass is 490 g/mol. The zero-order valence-corrected chi connectivity index (χ0v) is 20.0. The molecule has 1 aromatic heterocycles. The predicted octanol–water partition coefficient (Wildman–Crippen LogP) is 4.01. The van der Waals surface area contributed by atoms with Gasteiger partial charge in [-0.05, 0) is 59.7 Å². The minimum Gasteiger partial charge on any atom is -0.378 e.